The second-order valence-electron chi connectivity index (χ2n) is 5.61. The monoisotopic (exact) mass is 329 g/mol. The third kappa shape index (κ3) is 4.04. The molecule has 0 saturated carbocycles. The summed E-state index contributed by atoms with van der Waals surface area (Å²) in [6.45, 7) is 7.78. The molecule has 23 heavy (non-hydrogen) atoms. The average Bonchev–Trinajstić information content (AvgIpc) is 2.44. The van der Waals surface area contributed by atoms with Crippen LogP contribution in [0.15, 0.2) is 30.3 Å². The molecule has 0 heterocycles. The predicted molar refractivity (Wildman–Crippen MR) is 98.3 cm³/mol. The van der Waals surface area contributed by atoms with Crippen molar-refractivity contribution in [3.63, 3.8) is 0 Å². The number of rotatable bonds is 3. The lowest BCUT2D eigenvalue weighted by molar-refractivity contribution is -0.385. The van der Waals surface area contributed by atoms with Gasteiger partial charge >= 0.3 is 0 Å². The number of hydrogen-bond donors (Lipinski definition) is 2. The molecule has 0 unspecified atom stereocenters. The Morgan fingerprint density at radius 1 is 1.00 bits per heavy atom. The van der Waals surface area contributed by atoms with Gasteiger partial charge in [-0.3, -0.25) is 10.1 Å². The number of nitrogens with one attached hydrogen (secondary N) is 2. The number of anilines is 2. The van der Waals surface area contributed by atoms with Gasteiger partial charge in [0.1, 0.15) is 0 Å². The Kier molecular flexibility index (Phi) is 4.95. The number of aryl methyl sites for hydroxylation is 4. The maximum Gasteiger partial charge on any atom is 0.274 e. The Balaban J connectivity index is 2.18. The molecule has 6 heteroatoms. The maximum atomic E-state index is 11.0. The molecule has 5 nitrogen and oxygen atoms in total. The molecular weight excluding hydrogens is 310 g/mol. The zero-order valence-corrected chi connectivity index (χ0v) is 14.4. The van der Waals surface area contributed by atoms with Crippen molar-refractivity contribution in [1.29, 1.82) is 0 Å². The quantitative estimate of drug-likeness (QED) is 0.488. The van der Waals surface area contributed by atoms with E-state index >= 15 is 0 Å². The summed E-state index contributed by atoms with van der Waals surface area (Å²) in [5.74, 6) is 0. The summed E-state index contributed by atoms with van der Waals surface area (Å²) in [6, 6.07) is 9.11. The van der Waals surface area contributed by atoms with Gasteiger partial charge in [-0.15, -0.1) is 0 Å². The van der Waals surface area contributed by atoms with Gasteiger partial charge in [-0.1, -0.05) is 23.8 Å². The molecule has 2 rings (SSSR count). The van der Waals surface area contributed by atoms with Crippen LogP contribution in [0.2, 0.25) is 0 Å². The van der Waals surface area contributed by atoms with E-state index in [4.69, 9.17) is 12.2 Å². The van der Waals surface area contributed by atoms with Gasteiger partial charge < -0.3 is 10.6 Å². The largest absolute Gasteiger partial charge is 0.332 e. The lowest BCUT2D eigenvalue weighted by atomic mass is 10.1. The van der Waals surface area contributed by atoms with E-state index in [1.807, 2.05) is 20.8 Å². The molecule has 0 bridgehead atoms. The van der Waals surface area contributed by atoms with Gasteiger partial charge in [0.25, 0.3) is 5.69 Å². The van der Waals surface area contributed by atoms with Crippen molar-refractivity contribution in [2.75, 3.05) is 10.6 Å². The molecule has 0 fully saturated rings. The Morgan fingerprint density at radius 3 is 2.17 bits per heavy atom. The molecular formula is C17H19N3O2S. The minimum atomic E-state index is -0.398. The van der Waals surface area contributed by atoms with Crippen molar-refractivity contribution >= 4 is 34.4 Å². The number of benzene rings is 2. The fourth-order valence-corrected chi connectivity index (χ4v) is 2.76. The highest BCUT2D eigenvalue weighted by Gasteiger charge is 2.12. The molecule has 2 aromatic carbocycles. The molecule has 2 N–H and O–H groups in total. The maximum absolute atomic E-state index is 11.0. The number of nitrogens with zero attached hydrogens (tertiary/aromatic N) is 1. The SMILES string of the molecule is Cc1cc(C)c(NC(=S)Nc2ccc(C)c([N+](=O)[O-])c2)c(C)c1. The first-order valence-corrected chi connectivity index (χ1v) is 7.59. The number of nitro groups is 1. The highest BCUT2D eigenvalue weighted by molar-refractivity contribution is 7.80. The second-order valence-corrected chi connectivity index (χ2v) is 6.02. The Morgan fingerprint density at radius 2 is 1.61 bits per heavy atom. The van der Waals surface area contributed by atoms with E-state index in [9.17, 15) is 10.1 Å². The van der Waals surface area contributed by atoms with Gasteiger partial charge in [0.05, 0.1) is 4.92 Å². The van der Waals surface area contributed by atoms with E-state index in [0.29, 0.717) is 16.4 Å². The fourth-order valence-electron chi connectivity index (χ4n) is 2.54. The van der Waals surface area contributed by atoms with Crippen molar-refractivity contribution in [3.05, 3.63) is 62.7 Å². The molecule has 0 saturated heterocycles. The molecule has 0 aliphatic rings. The highest BCUT2D eigenvalue weighted by Crippen LogP contribution is 2.24. The summed E-state index contributed by atoms with van der Waals surface area (Å²) in [7, 11) is 0. The molecule has 0 spiro atoms. The third-order valence-corrected chi connectivity index (χ3v) is 3.78. The van der Waals surface area contributed by atoms with Gasteiger partial charge in [0.2, 0.25) is 0 Å². The van der Waals surface area contributed by atoms with Crippen molar-refractivity contribution < 1.29 is 4.92 Å². The zero-order chi connectivity index (χ0) is 17.1. The molecule has 0 atom stereocenters. The van der Waals surface area contributed by atoms with Crippen LogP contribution in [0.4, 0.5) is 17.1 Å². The van der Waals surface area contributed by atoms with Crippen molar-refractivity contribution in [1.82, 2.24) is 0 Å². The van der Waals surface area contributed by atoms with Gasteiger partial charge in [0.15, 0.2) is 5.11 Å². The number of hydrogen-bond acceptors (Lipinski definition) is 3. The lowest BCUT2D eigenvalue weighted by Gasteiger charge is -2.15. The van der Waals surface area contributed by atoms with Crippen LogP contribution in [0, 0.1) is 37.8 Å². The lowest BCUT2D eigenvalue weighted by Crippen LogP contribution is -2.20. The van der Waals surface area contributed by atoms with Gasteiger partial charge in [-0.25, -0.2) is 0 Å². The third-order valence-electron chi connectivity index (χ3n) is 3.58. The van der Waals surface area contributed by atoms with Crippen molar-refractivity contribution in [2.45, 2.75) is 27.7 Å². The van der Waals surface area contributed by atoms with Gasteiger partial charge in [-0.05, 0) is 57.1 Å². The van der Waals surface area contributed by atoms with Gasteiger partial charge in [-0.2, -0.15) is 0 Å². The molecule has 0 aliphatic heterocycles. The Labute approximate surface area is 140 Å². The highest BCUT2D eigenvalue weighted by atomic mass is 32.1. The predicted octanol–water partition coefficient (Wildman–Crippen LogP) is 4.64. The summed E-state index contributed by atoms with van der Waals surface area (Å²) >= 11 is 5.32. The average molecular weight is 329 g/mol. The first-order chi connectivity index (χ1) is 10.8. The Hall–Kier alpha value is -2.47. The smallest absolute Gasteiger partial charge is 0.274 e. The van der Waals surface area contributed by atoms with Crippen LogP contribution in [0.25, 0.3) is 0 Å². The molecule has 0 amide bonds. The van der Waals surface area contributed by atoms with E-state index in [2.05, 4.69) is 22.8 Å². The van der Waals surface area contributed by atoms with E-state index < -0.39 is 4.92 Å². The molecule has 0 aliphatic carbocycles. The van der Waals surface area contributed by atoms with Crippen LogP contribution in [0.3, 0.4) is 0 Å². The van der Waals surface area contributed by atoms with E-state index in [0.717, 1.165) is 16.8 Å². The number of nitro benzene ring substituents is 1. The van der Waals surface area contributed by atoms with Crippen LogP contribution < -0.4 is 10.6 Å². The van der Waals surface area contributed by atoms with E-state index in [-0.39, 0.29) is 5.69 Å². The summed E-state index contributed by atoms with van der Waals surface area (Å²) in [6.07, 6.45) is 0. The fraction of sp³-hybridized carbons (Fsp3) is 0.235. The second kappa shape index (κ2) is 6.75. The first-order valence-electron chi connectivity index (χ1n) is 7.19. The van der Waals surface area contributed by atoms with E-state index in [1.54, 1.807) is 19.1 Å². The topological polar surface area (TPSA) is 67.2 Å². The molecule has 2 aromatic rings. The molecule has 0 aromatic heterocycles. The Bertz CT molecular complexity index is 764. The molecule has 0 radical (unpaired) electrons. The van der Waals surface area contributed by atoms with Crippen LogP contribution in [0.1, 0.15) is 22.3 Å². The van der Waals surface area contributed by atoms with Crippen molar-refractivity contribution in [3.8, 4) is 0 Å². The standard InChI is InChI=1S/C17H19N3O2S/c1-10-7-12(3)16(13(4)8-10)19-17(23)18-14-6-5-11(2)15(9-14)20(21)22/h5-9H,1-4H3,(H2,18,19,23). The van der Waals surface area contributed by atoms with Crippen LogP contribution in [-0.2, 0) is 0 Å². The minimum absolute atomic E-state index is 0.0699. The van der Waals surface area contributed by atoms with E-state index in [1.165, 1.54) is 11.6 Å². The summed E-state index contributed by atoms with van der Waals surface area (Å²) in [5.41, 5.74) is 5.61. The molecule has 120 valence electrons. The summed E-state index contributed by atoms with van der Waals surface area (Å²) in [5, 5.41) is 17.6. The van der Waals surface area contributed by atoms with Crippen LogP contribution in [0.5, 0.6) is 0 Å². The number of thiocarbonyl (C=S) groups is 1. The first kappa shape index (κ1) is 16.9. The van der Waals surface area contributed by atoms with Crippen LogP contribution >= 0.6 is 12.2 Å². The summed E-state index contributed by atoms with van der Waals surface area (Å²) < 4.78 is 0. The minimum Gasteiger partial charge on any atom is -0.332 e. The normalized spacial score (nSPS) is 10.3. The van der Waals surface area contributed by atoms with Gasteiger partial charge in [0, 0.05) is 23.0 Å². The van der Waals surface area contributed by atoms with Crippen LogP contribution in [-0.4, -0.2) is 10.0 Å². The van der Waals surface area contributed by atoms with Crippen molar-refractivity contribution in [2.24, 2.45) is 0 Å². The zero-order valence-electron chi connectivity index (χ0n) is 13.6. The summed E-state index contributed by atoms with van der Waals surface area (Å²) in [4.78, 5) is 10.6.